The Bertz CT molecular complexity index is 107. The van der Waals surface area contributed by atoms with Crippen molar-refractivity contribution in [3.63, 3.8) is 0 Å². The predicted octanol–water partition coefficient (Wildman–Crippen LogP) is -0.708. The largest absolute Gasteiger partial charge is 0.469 e. The van der Waals surface area contributed by atoms with Crippen molar-refractivity contribution in [3.8, 4) is 0 Å². The average Bonchev–Trinajstić information content (AvgIpc) is 1.99. The zero-order chi connectivity index (χ0) is 7.98. The van der Waals surface area contributed by atoms with E-state index in [1.165, 1.54) is 21.3 Å². The van der Waals surface area contributed by atoms with Crippen molar-refractivity contribution in [2.45, 2.75) is 6.04 Å². The van der Waals surface area contributed by atoms with Gasteiger partial charge >= 0.3 is 15.3 Å². The van der Waals surface area contributed by atoms with Crippen LogP contribution < -0.4 is 0 Å². The van der Waals surface area contributed by atoms with Crippen LogP contribution >= 0.6 is 0 Å². The molecule has 0 saturated heterocycles. The zero-order valence-corrected chi connectivity index (χ0v) is 11.7. The van der Waals surface area contributed by atoms with Gasteiger partial charge < -0.3 is 13.6 Å². The van der Waals surface area contributed by atoms with Crippen LogP contribution in [0.1, 0.15) is 0 Å². The standard InChI is InChI=1S/C5H12O4Si.K/c1-7-5(6)4-10(8-2)9-3;/h10H,4H2,1-3H3;. The Labute approximate surface area is 111 Å². The van der Waals surface area contributed by atoms with Gasteiger partial charge in [0.05, 0.1) is 13.2 Å². The van der Waals surface area contributed by atoms with E-state index in [-0.39, 0.29) is 63.4 Å². The molecule has 61 valence electrons. The summed E-state index contributed by atoms with van der Waals surface area (Å²) in [5.74, 6) is -0.277. The molecule has 0 spiro atoms. The van der Waals surface area contributed by atoms with Crippen LogP contribution in [0.5, 0.6) is 0 Å². The van der Waals surface area contributed by atoms with E-state index in [4.69, 9.17) is 8.85 Å². The quantitative estimate of drug-likeness (QED) is 0.447. The minimum Gasteiger partial charge on any atom is -0.469 e. The third kappa shape index (κ3) is 7.60. The Morgan fingerprint density at radius 3 is 2.00 bits per heavy atom. The van der Waals surface area contributed by atoms with Crippen LogP contribution in [0.15, 0.2) is 0 Å². The third-order valence-electron chi connectivity index (χ3n) is 1.09. The van der Waals surface area contributed by atoms with Crippen molar-refractivity contribution in [1.82, 2.24) is 0 Å². The number of hydrogen-bond donors (Lipinski definition) is 0. The van der Waals surface area contributed by atoms with Gasteiger partial charge in [0, 0.05) is 65.6 Å². The second-order valence-corrected chi connectivity index (χ2v) is 3.89. The SMILES string of the molecule is COC(=O)C[SiH](OC)OC.[K]. The van der Waals surface area contributed by atoms with E-state index in [0.29, 0.717) is 0 Å². The Kier molecular flexibility index (Phi) is 12.5. The van der Waals surface area contributed by atoms with Gasteiger partial charge in [0.2, 0.25) is 0 Å². The molecule has 0 unspecified atom stereocenters. The molecule has 0 aromatic rings. The van der Waals surface area contributed by atoms with Gasteiger partial charge in [-0.05, 0) is 0 Å². The summed E-state index contributed by atoms with van der Waals surface area (Å²) in [4.78, 5) is 10.6. The molecule has 0 aliphatic heterocycles. The van der Waals surface area contributed by atoms with Gasteiger partial charge in [0.15, 0.2) is 0 Å². The fourth-order valence-corrected chi connectivity index (χ4v) is 1.45. The number of methoxy groups -OCH3 is 1. The molecule has 0 bridgehead atoms. The van der Waals surface area contributed by atoms with Crippen LogP contribution in [0.2, 0.25) is 6.04 Å². The normalized spacial score (nSPS) is 9.09. The van der Waals surface area contributed by atoms with E-state index in [9.17, 15) is 4.79 Å². The van der Waals surface area contributed by atoms with Crippen LogP contribution in [0.25, 0.3) is 0 Å². The molecule has 0 aromatic heterocycles. The number of ether oxygens (including phenoxy) is 1. The van der Waals surface area contributed by atoms with Gasteiger partial charge in [-0.25, -0.2) is 0 Å². The van der Waals surface area contributed by atoms with Gasteiger partial charge in [0.25, 0.3) is 0 Å². The Balaban J connectivity index is 0. The van der Waals surface area contributed by atoms with Crippen molar-refractivity contribution in [1.29, 1.82) is 0 Å². The molecule has 0 heterocycles. The number of rotatable bonds is 4. The molecule has 4 nitrogen and oxygen atoms in total. The number of carbonyl (C=O) groups excluding carboxylic acids is 1. The molecular formula is C5H12KO4Si. The number of esters is 1. The summed E-state index contributed by atoms with van der Waals surface area (Å²) in [7, 11) is 2.67. The molecule has 0 aliphatic carbocycles. The topological polar surface area (TPSA) is 44.8 Å². The molecule has 11 heavy (non-hydrogen) atoms. The van der Waals surface area contributed by atoms with Gasteiger partial charge in [-0.1, -0.05) is 0 Å². The molecule has 1 radical (unpaired) electrons. The van der Waals surface area contributed by atoms with Crippen LogP contribution in [0.3, 0.4) is 0 Å². The summed E-state index contributed by atoms with van der Waals surface area (Å²) in [6, 6.07) is 0.267. The van der Waals surface area contributed by atoms with Crippen LogP contribution in [-0.4, -0.2) is 88.0 Å². The van der Waals surface area contributed by atoms with Crippen LogP contribution in [0, 0.1) is 0 Å². The summed E-state index contributed by atoms with van der Waals surface area (Å²) < 4.78 is 14.2. The van der Waals surface area contributed by atoms with E-state index in [0.717, 1.165) is 0 Å². The molecule has 0 atom stereocenters. The summed E-state index contributed by atoms with van der Waals surface area (Å²) in [5, 5.41) is 0. The summed E-state index contributed by atoms with van der Waals surface area (Å²) >= 11 is 0. The van der Waals surface area contributed by atoms with Crippen molar-refractivity contribution in [2.75, 3.05) is 21.3 Å². The van der Waals surface area contributed by atoms with Crippen molar-refractivity contribution in [3.05, 3.63) is 0 Å². The first-order valence-corrected chi connectivity index (χ1v) is 4.63. The Morgan fingerprint density at radius 2 is 1.73 bits per heavy atom. The van der Waals surface area contributed by atoms with Gasteiger partial charge in [0.1, 0.15) is 0 Å². The van der Waals surface area contributed by atoms with Crippen molar-refractivity contribution >= 4 is 66.6 Å². The molecule has 0 rings (SSSR count). The molecule has 6 heteroatoms. The van der Waals surface area contributed by atoms with Crippen LogP contribution in [-0.2, 0) is 18.4 Å². The second-order valence-electron chi connectivity index (χ2n) is 1.68. The smallest absolute Gasteiger partial charge is 0.332 e. The van der Waals surface area contributed by atoms with Gasteiger partial charge in [-0.3, -0.25) is 4.79 Å². The third-order valence-corrected chi connectivity index (χ3v) is 2.81. The molecule has 0 N–H and O–H groups in total. The van der Waals surface area contributed by atoms with Gasteiger partial charge in [-0.15, -0.1) is 0 Å². The van der Waals surface area contributed by atoms with Crippen molar-refractivity contribution in [2.24, 2.45) is 0 Å². The Morgan fingerprint density at radius 1 is 1.27 bits per heavy atom. The molecular weight excluding hydrogens is 191 g/mol. The maximum absolute atomic E-state index is 10.6. The first kappa shape index (κ1) is 14.8. The first-order valence-electron chi connectivity index (χ1n) is 2.87. The Hall–Kier alpha value is 1.24. The summed E-state index contributed by atoms with van der Waals surface area (Å²) in [6.45, 7) is 0. The predicted molar refractivity (Wildman–Crippen MR) is 43.7 cm³/mol. The van der Waals surface area contributed by atoms with E-state index in [2.05, 4.69) is 4.74 Å². The molecule has 0 fully saturated rings. The molecule has 0 saturated carbocycles. The summed E-state index contributed by atoms with van der Waals surface area (Å²) in [6.07, 6.45) is 0. The second kappa shape index (κ2) is 9.33. The minimum absolute atomic E-state index is 0. The maximum Gasteiger partial charge on any atom is 0.332 e. The van der Waals surface area contributed by atoms with E-state index in [1.54, 1.807) is 0 Å². The first-order chi connectivity index (χ1) is 4.74. The fourth-order valence-electron chi connectivity index (χ4n) is 0.482. The monoisotopic (exact) mass is 203 g/mol. The fraction of sp³-hybridized carbons (Fsp3) is 0.800. The molecule has 0 aliphatic rings. The van der Waals surface area contributed by atoms with E-state index in [1.807, 2.05) is 0 Å². The number of carbonyl (C=O) groups is 1. The molecule has 0 aromatic carbocycles. The summed E-state index contributed by atoms with van der Waals surface area (Å²) in [5.41, 5.74) is 0. The van der Waals surface area contributed by atoms with Crippen LogP contribution in [0.4, 0.5) is 0 Å². The molecule has 0 amide bonds. The van der Waals surface area contributed by atoms with Crippen molar-refractivity contribution < 1.29 is 18.4 Å². The maximum atomic E-state index is 10.6. The van der Waals surface area contributed by atoms with Gasteiger partial charge in [-0.2, -0.15) is 0 Å². The van der Waals surface area contributed by atoms with E-state index < -0.39 is 9.28 Å². The number of hydrogen-bond acceptors (Lipinski definition) is 4. The van der Waals surface area contributed by atoms with E-state index >= 15 is 0 Å². The minimum atomic E-state index is -1.74. The average molecular weight is 203 g/mol. The zero-order valence-electron chi connectivity index (χ0n) is 7.42.